The molecule has 0 radical (unpaired) electrons. The SMILES string of the molecule is CC(C)=CC(=O)OC1CC2OC23CC2(O)OC(=O)C(C)=C2CC3(C)C1C. The second kappa shape index (κ2) is 5.20. The van der Waals surface area contributed by atoms with Crippen molar-refractivity contribution in [2.24, 2.45) is 11.3 Å². The molecule has 2 heterocycles. The first kappa shape index (κ1) is 17.7. The van der Waals surface area contributed by atoms with Crippen LogP contribution in [0.25, 0.3) is 0 Å². The molecule has 4 aliphatic rings. The van der Waals surface area contributed by atoms with E-state index in [2.05, 4.69) is 13.8 Å². The van der Waals surface area contributed by atoms with Gasteiger partial charge in [0.25, 0.3) is 0 Å². The molecule has 6 unspecified atom stereocenters. The maximum absolute atomic E-state index is 12.1. The van der Waals surface area contributed by atoms with Gasteiger partial charge in [-0.25, -0.2) is 9.59 Å². The van der Waals surface area contributed by atoms with Gasteiger partial charge in [-0.05, 0) is 27.2 Å². The first-order valence-electron chi connectivity index (χ1n) is 9.22. The van der Waals surface area contributed by atoms with Crippen molar-refractivity contribution in [2.75, 3.05) is 0 Å². The summed E-state index contributed by atoms with van der Waals surface area (Å²) in [5.41, 5.74) is 1.15. The van der Waals surface area contributed by atoms with E-state index in [0.717, 1.165) is 5.57 Å². The Balaban J connectivity index is 1.65. The van der Waals surface area contributed by atoms with E-state index in [1.54, 1.807) is 6.92 Å². The largest absolute Gasteiger partial charge is 0.459 e. The number of hydrogen-bond donors (Lipinski definition) is 1. The zero-order valence-electron chi connectivity index (χ0n) is 15.9. The highest BCUT2D eigenvalue weighted by Crippen LogP contribution is 2.70. The molecule has 6 heteroatoms. The number of esters is 2. The maximum atomic E-state index is 12.1. The van der Waals surface area contributed by atoms with E-state index in [9.17, 15) is 14.7 Å². The van der Waals surface area contributed by atoms with Crippen molar-refractivity contribution in [2.45, 2.75) is 77.5 Å². The Morgan fingerprint density at radius 2 is 2.08 bits per heavy atom. The minimum atomic E-state index is -1.55. The van der Waals surface area contributed by atoms with Crippen molar-refractivity contribution in [3.8, 4) is 0 Å². The van der Waals surface area contributed by atoms with Crippen molar-refractivity contribution < 1.29 is 28.9 Å². The number of allylic oxidation sites excluding steroid dienone is 1. The summed E-state index contributed by atoms with van der Waals surface area (Å²) < 4.78 is 17.1. The highest BCUT2D eigenvalue weighted by atomic mass is 16.7. The summed E-state index contributed by atoms with van der Waals surface area (Å²) in [7, 11) is 0. The molecule has 2 saturated carbocycles. The number of carbonyl (C=O) groups is 2. The summed E-state index contributed by atoms with van der Waals surface area (Å²) in [6.07, 6.45) is 2.49. The second-order valence-electron chi connectivity index (χ2n) is 8.77. The third-order valence-electron chi connectivity index (χ3n) is 7.00. The van der Waals surface area contributed by atoms with Crippen LogP contribution in [0.3, 0.4) is 0 Å². The lowest BCUT2D eigenvalue weighted by atomic mass is 9.52. The van der Waals surface area contributed by atoms with Crippen LogP contribution in [0.15, 0.2) is 22.8 Å². The molecule has 0 amide bonds. The number of rotatable bonds is 2. The summed E-state index contributed by atoms with van der Waals surface area (Å²) in [4.78, 5) is 24.1. The van der Waals surface area contributed by atoms with Gasteiger partial charge in [-0.1, -0.05) is 19.4 Å². The van der Waals surface area contributed by atoms with Gasteiger partial charge in [0.15, 0.2) is 0 Å². The highest BCUT2D eigenvalue weighted by molar-refractivity contribution is 5.92. The van der Waals surface area contributed by atoms with Crippen LogP contribution in [0.4, 0.5) is 0 Å². The summed E-state index contributed by atoms with van der Waals surface area (Å²) in [6.45, 7) is 9.59. The predicted octanol–water partition coefficient (Wildman–Crippen LogP) is 2.40. The van der Waals surface area contributed by atoms with Gasteiger partial charge in [0, 0.05) is 41.4 Å². The normalized spacial score (nSPS) is 45.9. The first-order chi connectivity index (χ1) is 12.0. The molecule has 0 bridgehead atoms. The Morgan fingerprint density at radius 3 is 2.73 bits per heavy atom. The maximum Gasteiger partial charge on any atom is 0.336 e. The molecule has 0 aromatic carbocycles. The molecule has 0 aromatic heterocycles. The molecule has 142 valence electrons. The minimum Gasteiger partial charge on any atom is -0.459 e. The quantitative estimate of drug-likeness (QED) is 0.461. The Kier molecular flexibility index (Phi) is 3.55. The fourth-order valence-electron chi connectivity index (χ4n) is 5.25. The molecule has 26 heavy (non-hydrogen) atoms. The highest BCUT2D eigenvalue weighted by Gasteiger charge is 2.78. The molecule has 1 saturated heterocycles. The monoisotopic (exact) mass is 362 g/mol. The zero-order valence-corrected chi connectivity index (χ0v) is 15.9. The molecule has 2 aliphatic carbocycles. The number of epoxide rings is 1. The second-order valence-corrected chi connectivity index (χ2v) is 8.77. The van der Waals surface area contributed by atoms with E-state index in [-0.39, 0.29) is 35.9 Å². The van der Waals surface area contributed by atoms with Gasteiger partial charge in [0.1, 0.15) is 11.7 Å². The number of hydrogen-bond acceptors (Lipinski definition) is 6. The summed E-state index contributed by atoms with van der Waals surface area (Å²) in [5.74, 6) is -2.32. The number of aliphatic hydroxyl groups is 1. The molecule has 2 aliphatic heterocycles. The van der Waals surface area contributed by atoms with Crippen molar-refractivity contribution in [1.82, 2.24) is 0 Å². The molecular weight excluding hydrogens is 336 g/mol. The van der Waals surface area contributed by atoms with Gasteiger partial charge in [-0.3, -0.25) is 0 Å². The first-order valence-corrected chi connectivity index (χ1v) is 9.22. The van der Waals surface area contributed by atoms with Gasteiger partial charge in [0.05, 0.1) is 6.10 Å². The fraction of sp³-hybridized carbons (Fsp3) is 0.700. The molecule has 6 nitrogen and oxygen atoms in total. The van der Waals surface area contributed by atoms with Gasteiger partial charge in [-0.15, -0.1) is 0 Å². The van der Waals surface area contributed by atoms with Crippen molar-refractivity contribution in [3.63, 3.8) is 0 Å². The summed E-state index contributed by atoms with van der Waals surface area (Å²) >= 11 is 0. The summed E-state index contributed by atoms with van der Waals surface area (Å²) in [6, 6.07) is 0. The van der Waals surface area contributed by atoms with Crippen molar-refractivity contribution >= 4 is 11.9 Å². The lowest BCUT2D eigenvalue weighted by molar-refractivity contribution is -0.209. The Hall–Kier alpha value is -1.66. The van der Waals surface area contributed by atoms with Gasteiger partial charge in [-0.2, -0.15) is 0 Å². The molecule has 3 fully saturated rings. The lowest BCUT2D eigenvalue weighted by Crippen LogP contribution is -2.59. The van der Waals surface area contributed by atoms with Crippen LogP contribution in [-0.2, 0) is 23.8 Å². The van der Waals surface area contributed by atoms with Crippen LogP contribution < -0.4 is 0 Å². The van der Waals surface area contributed by atoms with Crippen molar-refractivity contribution in [3.05, 3.63) is 22.8 Å². The standard InChI is InChI=1S/C20H26O6/c1-10(2)6-16(21)24-14-7-15-19(25-15)9-20(23)13(11(3)17(22)26-20)8-18(19,5)12(14)4/h6,12,14-15,23H,7-9H2,1-5H3. The molecule has 4 rings (SSSR count). The minimum absolute atomic E-state index is 0.0244. The lowest BCUT2D eigenvalue weighted by Gasteiger charge is -2.52. The molecule has 6 atom stereocenters. The van der Waals surface area contributed by atoms with Crippen LogP contribution in [0.1, 0.15) is 53.9 Å². The fourth-order valence-corrected chi connectivity index (χ4v) is 5.25. The van der Waals surface area contributed by atoms with Gasteiger partial charge >= 0.3 is 11.9 Å². The Labute approximate surface area is 153 Å². The van der Waals surface area contributed by atoms with E-state index < -0.39 is 17.4 Å². The average Bonchev–Trinajstić information content (AvgIpc) is 3.15. The Bertz CT molecular complexity index is 762. The Morgan fingerprint density at radius 1 is 1.38 bits per heavy atom. The van der Waals surface area contributed by atoms with Crippen LogP contribution in [0.2, 0.25) is 0 Å². The zero-order chi connectivity index (χ0) is 19.1. The van der Waals surface area contributed by atoms with Crippen LogP contribution in [0.5, 0.6) is 0 Å². The van der Waals surface area contributed by atoms with E-state index >= 15 is 0 Å². The number of fused-ring (bicyclic) bond motifs is 1. The summed E-state index contributed by atoms with van der Waals surface area (Å²) in [5, 5.41) is 10.9. The number of ether oxygens (including phenoxy) is 3. The molecule has 0 aromatic rings. The van der Waals surface area contributed by atoms with E-state index in [4.69, 9.17) is 14.2 Å². The third kappa shape index (κ3) is 2.18. The topological polar surface area (TPSA) is 85.4 Å². The van der Waals surface area contributed by atoms with Crippen LogP contribution >= 0.6 is 0 Å². The van der Waals surface area contributed by atoms with E-state index in [1.165, 1.54) is 6.08 Å². The van der Waals surface area contributed by atoms with Crippen LogP contribution in [-0.4, -0.2) is 40.6 Å². The van der Waals surface area contributed by atoms with E-state index in [0.29, 0.717) is 24.0 Å². The number of carbonyl (C=O) groups excluding carboxylic acids is 2. The third-order valence-corrected chi connectivity index (χ3v) is 7.00. The smallest absolute Gasteiger partial charge is 0.336 e. The molecular formula is C20H26O6. The molecule has 1 spiro atoms. The average molecular weight is 362 g/mol. The van der Waals surface area contributed by atoms with Crippen molar-refractivity contribution in [1.29, 1.82) is 0 Å². The van der Waals surface area contributed by atoms with Gasteiger partial charge in [0.2, 0.25) is 5.79 Å². The molecule has 1 N–H and O–H groups in total. The predicted molar refractivity (Wildman–Crippen MR) is 91.8 cm³/mol. The van der Waals surface area contributed by atoms with Gasteiger partial charge < -0.3 is 19.3 Å². The van der Waals surface area contributed by atoms with Crippen LogP contribution in [0, 0.1) is 11.3 Å². The van der Waals surface area contributed by atoms with E-state index in [1.807, 2.05) is 13.8 Å².